The van der Waals surface area contributed by atoms with Crippen molar-refractivity contribution >= 4 is 12.0 Å². The van der Waals surface area contributed by atoms with Crippen molar-refractivity contribution in [2.45, 2.75) is 25.5 Å². The number of carbonyl (C=O) groups excluding carboxylic acids is 1. The van der Waals surface area contributed by atoms with E-state index in [9.17, 15) is 13.6 Å². The number of amides is 1. The Kier molecular flexibility index (Phi) is 6.12. The Balaban J connectivity index is 1.72. The van der Waals surface area contributed by atoms with Crippen molar-refractivity contribution in [1.82, 2.24) is 4.90 Å². The second kappa shape index (κ2) is 8.72. The molecule has 1 heterocycles. The van der Waals surface area contributed by atoms with E-state index >= 15 is 0 Å². The monoisotopic (exact) mass is 357 g/mol. The van der Waals surface area contributed by atoms with Gasteiger partial charge in [-0.15, -0.1) is 0 Å². The molecule has 136 valence electrons. The van der Waals surface area contributed by atoms with Gasteiger partial charge in [0.15, 0.2) is 0 Å². The molecule has 0 N–H and O–H groups in total. The molecular weight excluding hydrogens is 336 g/mol. The van der Waals surface area contributed by atoms with Gasteiger partial charge >= 0.3 is 0 Å². The van der Waals surface area contributed by atoms with Gasteiger partial charge < -0.3 is 9.64 Å². The molecule has 0 aliphatic carbocycles. The van der Waals surface area contributed by atoms with Crippen molar-refractivity contribution in [2.24, 2.45) is 0 Å². The van der Waals surface area contributed by atoms with Gasteiger partial charge in [0.25, 0.3) is 0 Å². The van der Waals surface area contributed by atoms with Crippen LogP contribution in [-0.4, -0.2) is 30.1 Å². The second-order valence-electron chi connectivity index (χ2n) is 6.37. The van der Waals surface area contributed by atoms with Gasteiger partial charge in [-0.25, -0.2) is 8.78 Å². The first kappa shape index (κ1) is 18.3. The second-order valence-corrected chi connectivity index (χ2v) is 6.37. The molecular formula is C21H21F2NO2. The highest BCUT2D eigenvalue weighted by atomic mass is 19.1. The fraction of sp³-hybridized carbons (Fsp3) is 0.286. The lowest BCUT2D eigenvalue weighted by Crippen LogP contribution is -2.35. The van der Waals surface area contributed by atoms with Crippen LogP contribution in [0.25, 0.3) is 6.08 Å². The Labute approximate surface area is 151 Å². The summed E-state index contributed by atoms with van der Waals surface area (Å²) in [5.74, 6) is -0.831. The molecule has 0 radical (unpaired) electrons. The van der Waals surface area contributed by atoms with Crippen LogP contribution < -0.4 is 0 Å². The molecule has 0 bridgehead atoms. The number of hydrogen-bond acceptors (Lipinski definition) is 2. The van der Waals surface area contributed by atoms with Crippen molar-refractivity contribution in [3.05, 3.63) is 77.4 Å². The highest BCUT2D eigenvalue weighted by Gasteiger charge is 2.21. The van der Waals surface area contributed by atoms with Crippen molar-refractivity contribution < 1.29 is 18.3 Å². The van der Waals surface area contributed by atoms with Crippen LogP contribution in [0.2, 0.25) is 0 Å². The molecule has 2 aromatic carbocycles. The topological polar surface area (TPSA) is 29.5 Å². The normalized spacial score (nSPS) is 16.9. The molecule has 1 saturated heterocycles. The summed E-state index contributed by atoms with van der Waals surface area (Å²) in [7, 11) is 0. The number of halogens is 2. The maximum absolute atomic E-state index is 13.5. The standard InChI is InChI=1S/C21H21F2NO2/c22-18-9-6-16(7-10-18)8-11-21(25)24(15-20-5-2-12-26-20)14-17-3-1-4-19(23)13-17/h1,3-4,6-11,13,20H,2,5,12,14-15H2/b11-8+. The van der Waals surface area contributed by atoms with Crippen molar-refractivity contribution in [1.29, 1.82) is 0 Å². The van der Waals surface area contributed by atoms with E-state index in [-0.39, 0.29) is 23.6 Å². The number of benzene rings is 2. The molecule has 3 nitrogen and oxygen atoms in total. The highest BCUT2D eigenvalue weighted by Crippen LogP contribution is 2.16. The first-order valence-corrected chi connectivity index (χ1v) is 8.69. The zero-order valence-corrected chi connectivity index (χ0v) is 14.4. The molecule has 1 amide bonds. The predicted molar refractivity (Wildman–Crippen MR) is 96.2 cm³/mol. The smallest absolute Gasteiger partial charge is 0.246 e. The molecule has 0 spiro atoms. The molecule has 1 aliphatic heterocycles. The average molecular weight is 357 g/mol. The SMILES string of the molecule is O=C(/C=C/c1ccc(F)cc1)N(Cc1cccc(F)c1)CC1CCCO1. The summed E-state index contributed by atoms with van der Waals surface area (Å²) in [6, 6.07) is 12.1. The first-order chi connectivity index (χ1) is 12.6. The summed E-state index contributed by atoms with van der Waals surface area (Å²) in [5, 5.41) is 0. The van der Waals surface area contributed by atoms with Gasteiger partial charge in [-0.3, -0.25) is 4.79 Å². The van der Waals surface area contributed by atoms with Crippen LogP contribution in [0, 0.1) is 11.6 Å². The van der Waals surface area contributed by atoms with Crippen molar-refractivity contribution in [3.63, 3.8) is 0 Å². The van der Waals surface area contributed by atoms with Crippen molar-refractivity contribution in [2.75, 3.05) is 13.2 Å². The van der Waals surface area contributed by atoms with E-state index in [1.165, 1.54) is 30.3 Å². The fourth-order valence-corrected chi connectivity index (χ4v) is 2.97. The van der Waals surface area contributed by atoms with Crippen LogP contribution in [0.1, 0.15) is 24.0 Å². The van der Waals surface area contributed by atoms with Crippen LogP contribution in [0.15, 0.2) is 54.6 Å². The molecule has 3 rings (SSSR count). The summed E-state index contributed by atoms with van der Waals surface area (Å²) in [6.45, 7) is 1.48. The Bertz CT molecular complexity index is 768. The highest BCUT2D eigenvalue weighted by molar-refractivity contribution is 5.91. The molecule has 26 heavy (non-hydrogen) atoms. The molecule has 1 atom stereocenters. The Hall–Kier alpha value is -2.53. The molecule has 0 aromatic heterocycles. The van der Waals surface area contributed by atoms with Gasteiger partial charge in [0.05, 0.1) is 6.10 Å². The van der Waals surface area contributed by atoms with Crippen LogP contribution in [-0.2, 0) is 16.1 Å². The number of nitrogens with zero attached hydrogens (tertiary/aromatic N) is 1. The van der Waals surface area contributed by atoms with Crippen molar-refractivity contribution in [3.8, 4) is 0 Å². The lowest BCUT2D eigenvalue weighted by atomic mass is 10.1. The summed E-state index contributed by atoms with van der Waals surface area (Å²) in [4.78, 5) is 14.3. The molecule has 1 aliphatic rings. The van der Waals surface area contributed by atoms with E-state index in [0.717, 1.165) is 24.0 Å². The summed E-state index contributed by atoms with van der Waals surface area (Å²) >= 11 is 0. The maximum atomic E-state index is 13.5. The lowest BCUT2D eigenvalue weighted by molar-refractivity contribution is -0.128. The van der Waals surface area contributed by atoms with Gasteiger partial charge in [-0.2, -0.15) is 0 Å². The quantitative estimate of drug-likeness (QED) is 0.726. The fourth-order valence-electron chi connectivity index (χ4n) is 2.97. The minimum atomic E-state index is -0.325. The predicted octanol–water partition coefficient (Wildman–Crippen LogP) is 4.19. The lowest BCUT2D eigenvalue weighted by Gasteiger charge is -2.24. The van der Waals surface area contributed by atoms with Crippen LogP contribution in [0.4, 0.5) is 8.78 Å². The zero-order chi connectivity index (χ0) is 18.4. The van der Waals surface area contributed by atoms with Crippen LogP contribution in [0.3, 0.4) is 0 Å². The third-order valence-electron chi connectivity index (χ3n) is 4.31. The maximum Gasteiger partial charge on any atom is 0.246 e. The van der Waals surface area contributed by atoms with Gasteiger partial charge in [-0.05, 0) is 54.3 Å². The summed E-state index contributed by atoms with van der Waals surface area (Å²) < 4.78 is 32.1. The zero-order valence-electron chi connectivity index (χ0n) is 14.4. The molecule has 5 heteroatoms. The van der Waals surface area contributed by atoms with E-state index in [1.54, 1.807) is 35.2 Å². The van der Waals surface area contributed by atoms with E-state index < -0.39 is 0 Å². The average Bonchev–Trinajstić information content (AvgIpc) is 3.13. The first-order valence-electron chi connectivity index (χ1n) is 8.69. The van der Waals surface area contributed by atoms with Gasteiger partial charge in [0.1, 0.15) is 11.6 Å². The van der Waals surface area contributed by atoms with Gasteiger partial charge in [0, 0.05) is 25.8 Å². The Morgan fingerprint density at radius 2 is 1.96 bits per heavy atom. The molecule has 1 unspecified atom stereocenters. The van der Waals surface area contributed by atoms with Gasteiger partial charge in [0.2, 0.25) is 5.91 Å². The van der Waals surface area contributed by atoms with E-state index in [2.05, 4.69) is 0 Å². The number of rotatable bonds is 6. The van der Waals surface area contributed by atoms with Crippen LogP contribution in [0.5, 0.6) is 0 Å². The minimum absolute atomic E-state index is 0.00623. The summed E-state index contributed by atoms with van der Waals surface area (Å²) in [6.07, 6.45) is 5.01. The van der Waals surface area contributed by atoms with E-state index in [1.807, 2.05) is 0 Å². The Morgan fingerprint density at radius 1 is 1.15 bits per heavy atom. The number of carbonyl (C=O) groups is 1. The molecule has 2 aromatic rings. The third-order valence-corrected chi connectivity index (χ3v) is 4.31. The third kappa shape index (κ3) is 5.23. The van der Waals surface area contributed by atoms with Gasteiger partial charge in [-0.1, -0.05) is 24.3 Å². The van der Waals surface area contributed by atoms with Crippen LogP contribution >= 0.6 is 0 Å². The molecule has 1 fully saturated rings. The Morgan fingerprint density at radius 3 is 2.65 bits per heavy atom. The van der Waals surface area contributed by atoms with E-state index in [0.29, 0.717) is 19.7 Å². The number of hydrogen-bond donors (Lipinski definition) is 0. The van der Waals surface area contributed by atoms with E-state index in [4.69, 9.17) is 4.74 Å². The molecule has 0 saturated carbocycles. The number of ether oxygens (including phenoxy) is 1. The summed E-state index contributed by atoms with van der Waals surface area (Å²) in [5.41, 5.74) is 1.47. The largest absolute Gasteiger partial charge is 0.376 e. The minimum Gasteiger partial charge on any atom is -0.376 e.